The molecule has 2 heteroatoms. The van der Waals surface area contributed by atoms with E-state index in [0.29, 0.717) is 0 Å². The Bertz CT molecular complexity index is 1060. The molecule has 0 atom stereocenters. The molecule has 0 spiro atoms. The molecule has 0 bridgehead atoms. The average Bonchev–Trinajstić information content (AvgIpc) is 3.20. The number of hydrogen-bond acceptors (Lipinski definition) is 2. The Hall–Kier alpha value is -2.68. The normalized spacial score (nSPS) is 15.2. The van der Waals surface area contributed by atoms with Gasteiger partial charge >= 0.3 is 0 Å². The average molecular weight is 437 g/mol. The van der Waals surface area contributed by atoms with Crippen molar-refractivity contribution < 1.29 is 0 Å². The van der Waals surface area contributed by atoms with Crippen LogP contribution in [0.5, 0.6) is 0 Å². The molecule has 31 heavy (non-hydrogen) atoms. The van der Waals surface area contributed by atoms with Crippen molar-refractivity contribution in [2.45, 2.75) is 16.9 Å². The molecular formula is C29H24S2. The van der Waals surface area contributed by atoms with Crippen LogP contribution in [-0.2, 0) is 12.8 Å². The van der Waals surface area contributed by atoms with Gasteiger partial charge in [0.15, 0.2) is 0 Å². The minimum atomic E-state index is 0.0130. The van der Waals surface area contributed by atoms with Gasteiger partial charge in [0.1, 0.15) is 0 Å². The molecule has 4 aromatic rings. The fraction of sp³-hybridized carbons (Fsp3) is 0.103. The summed E-state index contributed by atoms with van der Waals surface area (Å²) < 4.78 is 0.0130. The minimum absolute atomic E-state index is 0.0130. The highest BCUT2D eigenvalue weighted by atomic mass is 32.2. The standard InChI is InChI=1S/C29H24S2/c1-5-13-23(14-6-1)21-29(22-24-15-7-2-8-16-24)30-27(25-17-9-3-10-18-25)28(31-29)26-19-11-4-12-20-26/h1-20H,21-22H2. The van der Waals surface area contributed by atoms with Crippen LogP contribution in [-0.4, -0.2) is 4.08 Å². The predicted octanol–water partition coefficient (Wildman–Crippen LogP) is 8.17. The van der Waals surface area contributed by atoms with Crippen molar-refractivity contribution in [1.82, 2.24) is 0 Å². The van der Waals surface area contributed by atoms with E-state index in [2.05, 4.69) is 121 Å². The van der Waals surface area contributed by atoms with Crippen LogP contribution in [0.1, 0.15) is 22.3 Å². The Labute approximate surface area is 193 Å². The Morgan fingerprint density at radius 2 is 0.742 bits per heavy atom. The second kappa shape index (κ2) is 9.21. The minimum Gasteiger partial charge on any atom is -0.105 e. The number of hydrogen-bond donors (Lipinski definition) is 0. The molecule has 0 saturated carbocycles. The monoisotopic (exact) mass is 436 g/mol. The molecule has 0 nitrogen and oxygen atoms in total. The third-order valence-corrected chi connectivity index (χ3v) is 8.73. The van der Waals surface area contributed by atoms with Gasteiger partial charge in [0.2, 0.25) is 0 Å². The van der Waals surface area contributed by atoms with E-state index in [-0.39, 0.29) is 4.08 Å². The molecule has 4 aromatic carbocycles. The zero-order valence-electron chi connectivity index (χ0n) is 17.3. The van der Waals surface area contributed by atoms with Crippen molar-refractivity contribution >= 4 is 33.3 Å². The summed E-state index contributed by atoms with van der Waals surface area (Å²) in [6.45, 7) is 0. The van der Waals surface area contributed by atoms with Crippen LogP contribution >= 0.6 is 23.5 Å². The van der Waals surface area contributed by atoms with Gasteiger partial charge in [-0.05, 0) is 35.1 Å². The van der Waals surface area contributed by atoms with Crippen LogP contribution in [0.25, 0.3) is 9.81 Å². The first-order chi connectivity index (χ1) is 15.3. The van der Waals surface area contributed by atoms with Crippen LogP contribution in [0.3, 0.4) is 0 Å². The molecule has 5 rings (SSSR count). The Balaban J connectivity index is 1.59. The Kier molecular flexibility index (Phi) is 6.01. The van der Waals surface area contributed by atoms with Crippen LogP contribution in [0.15, 0.2) is 121 Å². The summed E-state index contributed by atoms with van der Waals surface area (Å²) >= 11 is 4.09. The second-order valence-electron chi connectivity index (χ2n) is 7.83. The van der Waals surface area contributed by atoms with Gasteiger partial charge in [-0.2, -0.15) is 0 Å². The van der Waals surface area contributed by atoms with E-state index in [1.54, 1.807) is 0 Å². The maximum Gasteiger partial charge on any atom is 0.0786 e. The maximum atomic E-state index is 2.26. The van der Waals surface area contributed by atoms with Crippen molar-refractivity contribution in [2.75, 3.05) is 0 Å². The molecule has 152 valence electrons. The van der Waals surface area contributed by atoms with Crippen molar-refractivity contribution in [2.24, 2.45) is 0 Å². The van der Waals surface area contributed by atoms with Crippen LogP contribution < -0.4 is 0 Å². The van der Waals surface area contributed by atoms with E-state index in [1.165, 1.54) is 32.1 Å². The van der Waals surface area contributed by atoms with E-state index in [0.717, 1.165) is 12.8 Å². The third kappa shape index (κ3) is 4.66. The van der Waals surface area contributed by atoms with Gasteiger partial charge in [-0.15, -0.1) is 23.5 Å². The molecule has 0 amide bonds. The summed E-state index contributed by atoms with van der Waals surface area (Å²) in [7, 11) is 0. The second-order valence-corrected chi connectivity index (χ2v) is 10.9. The molecule has 1 aliphatic heterocycles. The predicted molar refractivity (Wildman–Crippen MR) is 138 cm³/mol. The summed E-state index contributed by atoms with van der Waals surface area (Å²) in [5.41, 5.74) is 5.39. The lowest BCUT2D eigenvalue weighted by Gasteiger charge is -2.29. The first-order valence-electron chi connectivity index (χ1n) is 10.6. The number of thioether (sulfide) groups is 2. The maximum absolute atomic E-state index is 2.26. The molecule has 0 saturated heterocycles. The van der Waals surface area contributed by atoms with E-state index < -0.39 is 0 Å². The molecule has 1 heterocycles. The fourth-order valence-electron chi connectivity index (χ4n) is 4.07. The van der Waals surface area contributed by atoms with Gasteiger partial charge in [0.05, 0.1) is 4.08 Å². The topological polar surface area (TPSA) is 0 Å². The van der Waals surface area contributed by atoms with Crippen molar-refractivity contribution in [3.8, 4) is 0 Å². The zero-order valence-corrected chi connectivity index (χ0v) is 18.9. The highest BCUT2D eigenvalue weighted by molar-refractivity contribution is 8.30. The zero-order chi connectivity index (χ0) is 20.9. The largest absolute Gasteiger partial charge is 0.105 e. The molecule has 0 unspecified atom stereocenters. The van der Waals surface area contributed by atoms with Crippen molar-refractivity contribution in [3.05, 3.63) is 144 Å². The SMILES string of the molecule is c1ccc(CC2(Cc3ccccc3)SC(c3ccccc3)=C(c3ccccc3)S2)cc1. The first kappa shape index (κ1) is 20.2. The summed E-state index contributed by atoms with van der Waals surface area (Å²) in [5.74, 6) is 0. The summed E-state index contributed by atoms with van der Waals surface area (Å²) in [4.78, 5) is 2.78. The summed E-state index contributed by atoms with van der Waals surface area (Å²) in [6, 6.07) is 43.6. The highest BCUT2D eigenvalue weighted by Gasteiger charge is 2.41. The van der Waals surface area contributed by atoms with Crippen LogP contribution in [0.2, 0.25) is 0 Å². The fourth-order valence-corrected chi connectivity index (χ4v) is 7.61. The molecule has 0 aliphatic carbocycles. The lowest BCUT2D eigenvalue weighted by molar-refractivity contribution is 0.793. The summed E-state index contributed by atoms with van der Waals surface area (Å²) in [5, 5.41) is 0. The van der Waals surface area contributed by atoms with E-state index in [9.17, 15) is 0 Å². The molecule has 0 aromatic heterocycles. The summed E-state index contributed by atoms with van der Waals surface area (Å²) in [6.07, 6.45) is 2.04. The molecule has 0 radical (unpaired) electrons. The van der Waals surface area contributed by atoms with E-state index in [4.69, 9.17) is 0 Å². The van der Waals surface area contributed by atoms with Crippen LogP contribution in [0.4, 0.5) is 0 Å². The highest BCUT2D eigenvalue weighted by Crippen LogP contribution is 2.63. The number of benzene rings is 4. The third-order valence-electron chi connectivity index (χ3n) is 5.49. The Morgan fingerprint density at radius 3 is 1.10 bits per heavy atom. The molecular weight excluding hydrogens is 412 g/mol. The van der Waals surface area contributed by atoms with Gasteiger partial charge < -0.3 is 0 Å². The van der Waals surface area contributed by atoms with E-state index in [1.807, 2.05) is 23.5 Å². The smallest absolute Gasteiger partial charge is 0.0786 e. The van der Waals surface area contributed by atoms with Gasteiger partial charge in [-0.25, -0.2) is 0 Å². The van der Waals surface area contributed by atoms with Gasteiger partial charge in [-0.3, -0.25) is 0 Å². The van der Waals surface area contributed by atoms with E-state index >= 15 is 0 Å². The van der Waals surface area contributed by atoms with Crippen molar-refractivity contribution in [1.29, 1.82) is 0 Å². The lowest BCUT2D eigenvalue weighted by Crippen LogP contribution is -2.24. The Morgan fingerprint density at radius 1 is 0.419 bits per heavy atom. The quantitative estimate of drug-likeness (QED) is 0.299. The number of rotatable bonds is 6. The molecule has 0 N–H and O–H groups in total. The van der Waals surface area contributed by atoms with Gasteiger partial charge in [-0.1, -0.05) is 121 Å². The van der Waals surface area contributed by atoms with Crippen molar-refractivity contribution in [3.63, 3.8) is 0 Å². The molecule has 0 fully saturated rings. The van der Waals surface area contributed by atoms with Crippen LogP contribution in [0, 0.1) is 0 Å². The molecule has 1 aliphatic rings. The lowest BCUT2D eigenvalue weighted by atomic mass is 10.0. The van der Waals surface area contributed by atoms with Gasteiger partial charge in [0, 0.05) is 9.81 Å². The first-order valence-corrected chi connectivity index (χ1v) is 12.3. The van der Waals surface area contributed by atoms with Gasteiger partial charge in [0.25, 0.3) is 0 Å².